The van der Waals surface area contributed by atoms with E-state index in [1.807, 2.05) is 6.07 Å². The molecule has 2 heterocycles. The number of hydrogen-bond donors (Lipinski definition) is 1. The summed E-state index contributed by atoms with van der Waals surface area (Å²) in [5.74, 6) is 1.87. The molecular weight excluding hydrogens is 194 g/mol. The van der Waals surface area contributed by atoms with Gasteiger partial charge in [0.05, 0.1) is 13.4 Å². The van der Waals surface area contributed by atoms with Crippen LogP contribution in [0.5, 0.6) is 5.75 Å². The number of nitrogens with one attached hydrogen (secondary N) is 1. The number of rotatable bonds is 3. The highest BCUT2D eigenvalue weighted by atomic mass is 16.5. The van der Waals surface area contributed by atoms with Gasteiger partial charge in [-0.25, -0.2) is 9.97 Å². The first kappa shape index (κ1) is 9.51. The molecule has 5 nitrogen and oxygen atoms in total. The molecule has 1 N–H and O–H groups in total. The van der Waals surface area contributed by atoms with E-state index in [2.05, 4.69) is 15.3 Å². The molecule has 0 atom stereocenters. The Hall–Kier alpha value is -2.04. The van der Waals surface area contributed by atoms with Crippen molar-refractivity contribution in [2.24, 2.45) is 0 Å². The molecule has 0 amide bonds. The lowest BCUT2D eigenvalue weighted by atomic mass is 10.3. The molecule has 0 bridgehead atoms. The molecule has 0 radical (unpaired) electrons. The predicted molar refractivity (Wildman–Crippen MR) is 55.8 cm³/mol. The van der Waals surface area contributed by atoms with Gasteiger partial charge in [0.1, 0.15) is 6.33 Å². The standard InChI is InChI=1S/C10H11N3O2/c1-11-10-9(14-2)8(12-6-13-10)7-4-3-5-15-7/h3-6H,1-2H3,(H,11,12,13). The minimum Gasteiger partial charge on any atom is -0.491 e. The van der Waals surface area contributed by atoms with Crippen molar-refractivity contribution in [1.29, 1.82) is 0 Å². The minimum absolute atomic E-state index is 0.579. The van der Waals surface area contributed by atoms with Crippen LogP contribution in [0.25, 0.3) is 11.5 Å². The van der Waals surface area contributed by atoms with Gasteiger partial charge in [-0.1, -0.05) is 0 Å². The maximum absolute atomic E-state index is 5.26. The molecule has 15 heavy (non-hydrogen) atoms. The van der Waals surface area contributed by atoms with E-state index < -0.39 is 0 Å². The van der Waals surface area contributed by atoms with Gasteiger partial charge in [-0.15, -0.1) is 0 Å². The summed E-state index contributed by atoms with van der Waals surface area (Å²) in [4.78, 5) is 8.18. The van der Waals surface area contributed by atoms with E-state index in [1.165, 1.54) is 6.33 Å². The Morgan fingerprint density at radius 3 is 2.87 bits per heavy atom. The third kappa shape index (κ3) is 1.63. The molecule has 2 aromatic rings. The van der Waals surface area contributed by atoms with Gasteiger partial charge in [-0.3, -0.25) is 0 Å². The van der Waals surface area contributed by atoms with Crippen molar-refractivity contribution in [3.05, 3.63) is 24.7 Å². The second-order valence-electron chi connectivity index (χ2n) is 2.83. The number of furan rings is 1. The van der Waals surface area contributed by atoms with E-state index in [-0.39, 0.29) is 0 Å². The smallest absolute Gasteiger partial charge is 0.190 e. The van der Waals surface area contributed by atoms with Crippen molar-refractivity contribution in [3.8, 4) is 17.2 Å². The van der Waals surface area contributed by atoms with Crippen LogP contribution in [0.2, 0.25) is 0 Å². The first-order valence-electron chi connectivity index (χ1n) is 4.47. The van der Waals surface area contributed by atoms with Crippen LogP contribution in [0, 0.1) is 0 Å². The molecule has 78 valence electrons. The fraction of sp³-hybridized carbons (Fsp3) is 0.200. The third-order valence-electron chi connectivity index (χ3n) is 2.00. The number of nitrogens with zero attached hydrogens (tertiary/aromatic N) is 2. The van der Waals surface area contributed by atoms with Crippen molar-refractivity contribution in [2.75, 3.05) is 19.5 Å². The SMILES string of the molecule is CNc1ncnc(-c2ccco2)c1OC. The Labute approximate surface area is 87.1 Å². The molecular formula is C10H11N3O2. The van der Waals surface area contributed by atoms with Gasteiger partial charge in [0.25, 0.3) is 0 Å². The number of methoxy groups -OCH3 is 1. The summed E-state index contributed by atoms with van der Waals surface area (Å²) in [6.45, 7) is 0. The lowest BCUT2D eigenvalue weighted by Crippen LogP contribution is -2.00. The largest absolute Gasteiger partial charge is 0.491 e. The maximum atomic E-state index is 5.26. The van der Waals surface area contributed by atoms with Gasteiger partial charge in [-0.05, 0) is 12.1 Å². The minimum atomic E-state index is 0.579. The molecule has 0 spiro atoms. The molecule has 0 aliphatic heterocycles. The Kier molecular flexibility index (Phi) is 2.53. The predicted octanol–water partition coefficient (Wildman–Crippen LogP) is 1.79. The van der Waals surface area contributed by atoms with E-state index in [9.17, 15) is 0 Å². The van der Waals surface area contributed by atoms with Gasteiger partial charge in [0, 0.05) is 7.05 Å². The second kappa shape index (κ2) is 4.00. The molecule has 0 aliphatic carbocycles. The van der Waals surface area contributed by atoms with Crippen molar-refractivity contribution in [2.45, 2.75) is 0 Å². The zero-order valence-corrected chi connectivity index (χ0v) is 8.52. The highest BCUT2D eigenvalue weighted by molar-refractivity contribution is 5.68. The quantitative estimate of drug-likeness (QED) is 0.827. The second-order valence-corrected chi connectivity index (χ2v) is 2.83. The van der Waals surface area contributed by atoms with Crippen LogP contribution >= 0.6 is 0 Å². The van der Waals surface area contributed by atoms with Crippen LogP contribution < -0.4 is 10.1 Å². The molecule has 5 heteroatoms. The van der Waals surface area contributed by atoms with Crippen LogP contribution in [-0.2, 0) is 0 Å². The summed E-state index contributed by atoms with van der Waals surface area (Å²) in [7, 11) is 3.35. The monoisotopic (exact) mass is 205 g/mol. The fourth-order valence-electron chi connectivity index (χ4n) is 1.33. The average molecular weight is 205 g/mol. The Bertz CT molecular complexity index is 440. The fourth-order valence-corrected chi connectivity index (χ4v) is 1.33. The molecule has 0 fully saturated rings. The zero-order chi connectivity index (χ0) is 10.7. The first-order valence-corrected chi connectivity index (χ1v) is 4.47. The van der Waals surface area contributed by atoms with Crippen LogP contribution in [-0.4, -0.2) is 24.1 Å². The van der Waals surface area contributed by atoms with Crippen LogP contribution in [0.3, 0.4) is 0 Å². The number of hydrogen-bond acceptors (Lipinski definition) is 5. The van der Waals surface area contributed by atoms with E-state index in [4.69, 9.17) is 9.15 Å². The van der Waals surface area contributed by atoms with E-state index in [0.717, 1.165) is 0 Å². The average Bonchev–Trinajstić information content (AvgIpc) is 2.81. The summed E-state index contributed by atoms with van der Waals surface area (Å²) < 4.78 is 10.5. The first-order chi connectivity index (χ1) is 7.36. The highest BCUT2D eigenvalue weighted by Crippen LogP contribution is 2.32. The normalized spacial score (nSPS) is 10.0. The third-order valence-corrected chi connectivity index (χ3v) is 2.00. The number of anilines is 1. The van der Waals surface area contributed by atoms with Gasteiger partial charge in [-0.2, -0.15) is 0 Å². The molecule has 0 saturated heterocycles. The van der Waals surface area contributed by atoms with E-state index in [0.29, 0.717) is 23.0 Å². The Balaban J connectivity index is 2.56. The zero-order valence-electron chi connectivity index (χ0n) is 8.52. The molecule has 0 aliphatic rings. The molecule has 2 rings (SSSR count). The van der Waals surface area contributed by atoms with Crippen molar-refractivity contribution in [3.63, 3.8) is 0 Å². The van der Waals surface area contributed by atoms with Gasteiger partial charge >= 0.3 is 0 Å². The van der Waals surface area contributed by atoms with Crippen LogP contribution in [0.15, 0.2) is 29.1 Å². The van der Waals surface area contributed by atoms with Gasteiger partial charge in [0.2, 0.25) is 0 Å². The number of ether oxygens (including phenoxy) is 1. The van der Waals surface area contributed by atoms with E-state index >= 15 is 0 Å². The summed E-state index contributed by atoms with van der Waals surface area (Å²) in [6.07, 6.45) is 3.06. The lowest BCUT2D eigenvalue weighted by molar-refractivity contribution is 0.412. The molecule has 0 saturated carbocycles. The lowest BCUT2D eigenvalue weighted by Gasteiger charge is -2.08. The van der Waals surface area contributed by atoms with Crippen LogP contribution in [0.1, 0.15) is 0 Å². The highest BCUT2D eigenvalue weighted by Gasteiger charge is 2.14. The summed E-state index contributed by atoms with van der Waals surface area (Å²) in [5, 5.41) is 2.93. The Morgan fingerprint density at radius 1 is 1.40 bits per heavy atom. The Morgan fingerprint density at radius 2 is 2.27 bits per heavy atom. The summed E-state index contributed by atoms with van der Waals surface area (Å²) >= 11 is 0. The molecule has 2 aromatic heterocycles. The van der Waals surface area contributed by atoms with Crippen molar-refractivity contribution < 1.29 is 9.15 Å². The summed E-state index contributed by atoms with van der Waals surface area (Å²) in [5.41, 5.74) is 0.641. The number of aromatic nitrogens is 2. The summed E-state index contributed by atoms with van der Waals surface area (Å²) in [6, 6.07) is 3.63. The van der Waals surface area contributed by atoms with Crippen molar-refractivity contribution >= 4 is 5.82 Å². The van der Waals surface area contributed by atoms with Crippen molar-refractivity contribution in [1.82, 2.24) is 9.97 Å². The van der Waals surface area contributed by atoms with Gasteiger partial charge in [0.15, 0.2) is 23.0 Å². The molecule has 0 aromatic carbocycles. The maximum Gasteiger partial charge on any atom is 0.190 e. The van der Waals surface area contributed by atoms with Crippen LogP contribution in [0.4, 0.5) is 5.82 Å². The van der Waals surface area contributed by atoms with E-state index in [1.54, 1.807) is 26.5 Å². The topological polar surface area (TPSA) is 60.2 Å². The molecule has 0 unspecified atom stereocenters. The van der Waals surface area contributed by atoms with Gasteiger partial charge < -0.3 is 14.5 Å².